The molecule has 0 saturated carbocycles. The van der Waals surface area contributed by atoms with Crippen LogP contribution in [0.2, 0.25) is 0 Å². The Labute approximate surface area is 122 Å². The van der Waals surface area contributed by atoms with Crippen molar-refractivity contribution in [1.29, 1.82) is 0 Å². The normalized spacial score (nSPS) is 18.0. The highest BCUT2D eigenvalue weighted by molar-refractivity contribution is 5.76. The SMILES string of the molecule is O=C(CCc1ccc(OC(F)F)cc1)NCC1CCCN1. The third-order valence-electron chi connectivity index (χ3n) is 3.50. The van der Waals surface area contributed by atoms with E-state index in [0.717, 1.165) is 24.9 Å². The fourth-order valence-electron chi connectivity index (χ4n) is 2.35. The Morgan fingerprint density at radius 3 is 2.76 bits per heavy atom. The molecule has 1 aliphatic rings. The fraction of sp³-hybridized carbons (Fsp3) is 0.533. The Morgan fingerprint density at radius 1 is 1.38 bits per heavy atom. The summed E-state index contributed by atoms with van der Waals surface area (Å²) in [5.41, 5.74) is 0.922. The number of carbonyl (C=O) groups excluding carboxylic acids is 1. The summed E-state index contributed by atoms with van der Waals surface area (Å²) in [5, 5.41) is 6.22. The highest BCUT2D eigenvalue weighted by Gasteiger charge is 2.14. The van der Waals surface area contributed by atoms with Crippen LogP contribution in [0.1, 0.15) is 24.8 Å². The molecule has 1 amide bonds. The summed E-state index contributed by atoms with van der Waals surface area (Å²) >= 11 is 0. The highest BCUT2D eigenvalue weighted by atomic mass is 19.3. The summed E-state index contributed by atoms with van der Waals surface area (Å²) in [6, 6.07) is 6.76. The Balaban J connectivity index is 1.68. The number of nitrogens with one attached hydrogen (secondary N) is 2. The first kappa shape index (κ1) is 15.7. The summed E-state index contributed by atoms with van der Waals surface area (Å²) in [4.78, 5) is 11.7. The first-order valence-electron chi connectivity index (χ1n) is 7.17. The third kappa shape index (κ3) is 5.67. The fourth-order valence-corrected chi connectivity index (χ4v) is 2.35. The average Bonchev–Trinajstić information content (AvgIpc) is 2.97. The third-order valence-corrected chi connectivity index (χ3v) is 3.50. The summed E-state index contributed by atoms with van der Waals surface area (Å²) in [5.74, 6) is 0.141. The maximum absolute atomic E-state index is 12.0. The monoisotopic (exact) mass is 298 g/mol. The molecule has 1 saturated heterocycles. The van der Waals surface area contributed by atoms with Crippen LogP contribution in [0.5, 0.6) is 5.75 Å². The maximum Gasteiger partial charge on any atom is 0.387 e. The van der Waals surface area contributed by atoms with Gasteiger partial charge >= 0.3 is 6.61 Å². The van der Waals surface area contributed by atoms with Crippen molar-refractivity contribution in [2.75, 3.05) is 13.1 Å². The molecule has 116 valence electrons. The van der Waals surface area contributed by atoms with Crippen LogP contribution in [0.25, 0.3) is 0 Å². The predicted octanol–water partition coefficient (Wildman–Crippen LogP) is 2.09. The van der Waals surface area contributed by atoms with E-state index in [1.807, 2.05) is 0 Å². The summed E-state index contributed by atoms with van der Waals surface area (Å²) < 4.78 is 28.3. The highest BCUT2D eigenvalue weighted by Crippen LogP contribution is 2.15. The van der Waals surface area contributed by atoms with Crippen LogP contribution in [0, 0.1) is 0 Å². The number of hydrogen-bond donors (Lipinski definition) is 2. The van der Waals surface area contributed by atoms with Crippen molar-refractivity contribution in [3.63, 3.8) is 0 Å². The lowest BCUT2D eigenvalue weighted by atomic mass is 10.1. The first-order valence-corrected chi connectivity index (χ1v) is 7.17. The van der Waals surface area contributed by atoms with E-state index in [-0.39, 0.29) is 11.7 Å². The van der Waals surface area contributed by atoms with Crippen molar-refractivity contribution in [3.05, 3.63) is 29.8 Å². The van der Waals surface area contributed by atoms with Crippen LogP contribution < -0.4 is 15.4 Å². The van der Waals surface area contributed by atoms with Crippen molar-refractivity contribution < 1.29 is 18.3 Å². The molecular formula is C15H20F2N2O2. The Hall–Kier alpha value is -1.69. The number of carbonyl (C=O) groups is 1. The molecule has 2 N–H and O–H groups in total. The molecule has 1 aliphatic heterocycles. The molecule has 1 atom stereocenters. The average molecular weight is 298 g/mol. The molecule has 0 aliphatic carbocycles. The number of hydrogen-bond acceptors (Lipinski definition) is 3. The number of aryl methyl sites for hydroxylation is 1. The van der Waals surface area contributed by atoms with Crippen LogP contribution in [-0.4, -0.2) is 31.7 Å². The van der Waals surface area contributed by atoms with Crippen molar-refractivity contribution >= 4 is 5.91 Å². The summed E-state index contributed by atoms with van der Waals surface area (Å²) in [6.07, 6.45) is 3.24. The molecule has 0 spiro atoms. The molecule has 1 aromatic rings. The first-order chi connectivity index (χ1) is 10.1. The van der Waals surface area contributed by atoms with Gasteiger partial charge in [-0.25, -0.2) is 0 Å². The van der Waals surface area contributed by atoms with Gasteiger partial charge in [0, 0.05) is 19.0 Å². The van der Waals surface area contributed by atoms with E-state index < -0.39 is 6.61 Å². The van der Waals surface area contributed by atoms with Crippen LogP contribution in [0.3, 0.4) is 0 Å². The van der Waals surface area contributed by atoms with Crippen LogP contribution in [0.4, 0.5) is 8.78 Å². The topological polar surface area (TPSA) is 50.4 Å². The second-order valence-corrected chi connectivity index (χ2v) is 5.12. The van der Waals surface area contributed by atoms with Gasteiger partial charge in [-0.15, -0.1) is 0 Å². The number of rotatable bonds is 7. The lowest BCUT2D eigenvalue weighted by Gasteiger charge is -2.11. The van der Waals surface area contributed by atoms with Crippen molar-refractivity contribution in [3.8, 4) is 5.75 Å². The van der Waals surface area contributed by atoms with E-state index in [1.54, 1.807) is 12.1 Å². The van der Waals surface area contributed by atoms with Gasteiger partial charge in [0.1, 0.15) is 5.75 Å². The van der Waals surface area contributed by atoms with Gasteiger partial charge in [0.25, 0.3) is 0 Å². The van der Waals surface area contributed by atoms with Crippen LogP contribution in [0.15, 0.2) is 24.3 Å². The molecule has 21 heavy (non-hydrogen) atoms. The van der Waals surface area contributed by atoms with Gasteiger partial charge in [-0.1, -0.05) is 12.1 Å². The Bertz CT molecular complexity index is 445. The lowest BCUT2D eigenvalue weighted by Crippen LogP contribution is -2.37. The summed E-state index contributed by atoms with van der Waals surface area (Å²) in [7, 11) is 0. The zero-order valence-corrected chi connectivity index (χ0v) is 11.8. The van der Waals surface area contributed by atoms with Gasteiger partial charge in [-0.2, -0.15) is 8.78 Å². The smallest absolute Gasteiger partial charge is 0.387 e. The van der Waals surface area contributed by atoms with Crippen LogP contribution in [-0.2, 0) is 11.2 Å². The van der Waals surface area contributed by atoms with Crippen molar-refractivity contribution in [1.82, 2.24) is 10.6 Å². The molecule has 1 aromatic carbocycles. The predicted molar refractivity (Wildman–Crippen MR) is 75.4 cm³/mol. The van der Waals surface area contributed by atoms with E-state index in [4.69, 9.17) is 0 Å². The van der Waals surface area contributed by atoms with Gasteiger partial charge in [0.2, 0.25) is 5.91 Å². The minimum atomic E-state index is -2.81. The number of alkyl halides is 2. The Morgan fingerprint density at radius 2 is 2.14 bits per heavy atom. The van der Waals surface area contributed by atoms with Gasteiger partial charge in [0.15, 0.2) is 0 Å². The minimum Gasteiger partial charge on any atom is -0.435 e. The Kier molecular flexibility index (Phi) is 5.92. The van der Waals surface area contributed by atoms with E-state index in [2.05, 4.69) is 15.4 Å². The number of amides is 1. The quantitative estimate of drug-likeness (QED) is 0.810. The van der Waals surface area contributed by atoms with Crippen LogP contribution >= 0.6 is 0 Å². The van der Waals surface area contributed by atoms with E-state index in [1.165, 1.54) is 12.1 Å². The molecular weight excluding hydrogens is 278 g/mol. The lowest BCUT2D eigenvalue weighted by molar-refractivity contribution is -0.121. The van der Waals surface area contributed by atoms with Crippen molar-refractivity contribution in [2.24, 2.45) is 0 Å². The standard InChI is InChI=1S/C15H20F2N2O2/c16-15(17)21-13-6-3-11(4-7-13)5-8-14(20)19-10-12-2-1-9-18-12/h3-4,6-7,12,15,18H,1-2,5,8-10H2,(H,19,20). The summed E-state index contributed by atoms with van der Waals surface area (Å²) in [6.45, 7) is -1.13. The van der Waals surface area contributed by atoms with Gasteiger partial charge in [0.05, 0.1) is 0 Å². The molecule has 4 nitrogen and oxygen atoms in total. The molecule has 6 heteroatoms. The number of ether oxygens (including phenoxy) is 1. The molecule has 1 heterocycles. The molecule has 2 rings (SSSR count). The van der Waals surface area contributed by atoms with Gasteiger partial charge < -0.3 is 15.4 Å². The number of halogens is 2. The molecule has 1 unspecified atom stereocenters. The number of benzene rings is 1. The molecule has 0 aromatic heterocycles. The van der Waals surface area contributed by atoms with Crippen molar-refractivity contribution in [2.45, 2.75) is 38.3 Å². The van der Waals surface area contributed by atoms with E-state index in [9.17, 15) is 13.6 Å². The second kappa shape index (κ2) is 7.93. The zero-order valence-electron chi connectivity index (χ0n) is 11.8. The molecule has 0 bridgehead atoms. The van der Waals surface area contributed by atoms with Gasteiger partial charge in [-0.05, 0) is 43.5 Å². The minimum absolute atomic E-state index is 0.0107. The van der Waals surface area contributed by atoms with E-state index >= 15 is 0 Å². The zero-order chi connectivity index (χ0) is 15.1. The second-order valence-electron chi connectivity index (χ2n) is 5.12. The largest absolute Gasteiger partial charge is 0.435 e. The molecule has 0 radical (unpaired) electrons. The maximum atomic E-state index is 12.0. The van der Waals surface area contributed by atoms with E-state index in [0.29, 0.717) is 25.4 Å². The molecule has 1 fully saturated rings. The van der Waals surface area contributed by atoms with Gasteiger partial charge in [-0.3, -0.25) is 4.79 Å².